The van der Waals surface area contributed by atoms with Gasteiger partial charge in [0.15, 0.2) is 0 Å². The van der Waals surface area contributed by atoms with Gasteiger partial charge in [0.2, 0.25) is 0 Å². The summed E-state index contributed by atoms with van der Waals surface area (Å²) in [5.41, 5.74) is 4.97. The smallest absolute Gasteiger partial charge is 0.119 e. The highest BCUT2D eigenvalue weighted by Crippen LogP contribution is 2.33. The molecule has 2 aromatic rings. The number of nitrogens with one attached hydrogen (secondary N) is 1. The van der Waals surface area contributed by atoms with Crippen molar-refractivity contribution in [2.45, 2.75) is 32.4 Å². The molecule has 1 atom stereocenters. The summed E-state index contributed by atoms with van der Waals surface area (Å²) in [6, 6.07) is 12.9. The first-order chi connectivity index (χ1) is 9.76. The number of methoxy groups -OCH3 is 1. The average Bonchev–Trinajstić information content (AvgIpc) is 2.87. The number of ether oxygens (including phenoxy) is 1. The van der Waals surface area contributed by atoms with Crippen LogP contribution in [-0.4, -0.2) is 12.1 Å². The molecule has 3 heteroatoms. The van der Waals surface area contributed by atoms with Gasteiger partial charge < -0.3 is 10.1 Å². The topological polar surface area (TPSA) is 34.1 Å². The summed E-state index contributed by atoms with van der Waals surface area (Å²) < 4.78 is 5.33. The fourth-order valence-electron chi connectivity index (χ4n) is 2.85. The number of pyridine rings is 1. The summed E-state index contributed by atoms with van der Waals surface area (Å²) in [6.07, 6.45) is 2.28. The second kappa shape index (κ2) is 5.63. The second-order valence-electron chi connectivity index (χ2n) is 5.31. The van der Waals surface area contributed by atoms with E-state index in [0.717, 1.165) is 36.5 Å². The van der Waals surface area contributed by atoms with Crippen molar-refractivity contribution in [3.05, 3.63) is 58.9 Å². The van der Waals surface area contributed by atoms with E-state index >= 15 is 0 Å². The number of rotatable bonds is 4. The number of benzene rings is 1. The van der Waals surface area contributed by atoms with E-state index < -0.39 is 0 Å². The molecule has 0 fully saturated rings. The fourth-order valence-corrected chi connectivity index (χ4v) is 2.85. The minimum absolute atomic E-state index is 0.405. The molecule has 1 aromatic heterocycles. The first-order valence-corrected chi connectivity index (χ1v) is 7.09. The monoisotopic (exact) mass is 268 g/mol. The quantitative estimate of drug-likeness (QED) is 0.924. The lowest BCUT2D eigenvalue weighted by Crippen LogP contribution is -2.19. The van der Waals surface area contributed by atoms with E-state index in [-0.39, 0.29) is 0 Å². The van der Waals surface area contributed by atoms with Crippen molar-refractivity contribution in [2.24, 2.45) is 0 Å². The van der Waals surface area contributed by atoms with Gasteiger partial charge in [0.05, 0.1) is 12.8 Å². The molecule has 0 bridgehead atoms. The van der Waals surface area contributed by atoms with E-state index in [9.17, 15) is 0 Å². The third-order valence-electron chi connectivity index (χ3n) is 3.91. The molecule has 1 aliphatic carbocycles. The first kappa shape index (κ1) is 13.1. The Morgan fingerprint density at radius 1 is 1.30 bits per heavy atom. The Hall–Kier alpha value is -1.87. The SMILES string of the molecule is COc1ccc2c(c1)C(NCc1cccc(C)n1)CC2. The highest BCUT2D eigenvalue weighted by Gasteiger charge is 2.22. The van der Waals surface area contributed by atoms with Gasteiger partial charge in [0.25, 0.3) is 0 Å². The summed E-state index contributed by atoms with van der Waals surface area (Å²) >= 11 is 0. The number of nitrogens with zero attached hydrogens (tertiary/aromatic N) is 1. The van der Waals surface area contributed by atoms with Crippen LogP contribution in [0.25, 0.3) is 0 Å². The van der Waals surface area contributed by atoms with Gasteiger partial charge in [-0.2, -0.15) is 0 Å². The zero-order valence-corrected chi connectivity index (χ0v) is 12.0. The van der Waals surface area contributed by atoms with Crippen LogP contribution in [0.3, 0.4) is 0 Å². The Morgan fingerprint density at radius 3 is 3.00 bits per heavy atom. The Bertz CT molecular complexity index is 610. The van der Waals surface area contributed by atoms with Crippen molar-refractivity contribution in [1.29, 1.82) is 0 Å². The maximum absolute atomic E-state index is 5.33. The summed E-state index contributed by atoms with van der Waals surface area (Å²) in [5, 5.41) is 3.61. The van der Waals surface area contributed by atoms with Gasteiger partial charge in [0.1, 0.15) is 5.75 Å². The van der Waals surface area contributed by atoms with Gasteiger partial charge in [-0.15, -0.1) is 0 Å². The van der Waals surface area contributed by atoms with Gasteiger partial charge in [0, 0.05) is 18.3 Å². The lowest BCUT2D eigenvalue weighted by molar-refractivity contribution is 0.413. The number of hydrogen-bond acceptors (Lipinski definition) is 3. The lowest BCUT2D eigenvalue weighted by atomic mass is 10.1. The van der Waals surface area contributed by atoms with Gasteiger partial charge >= 0.3 is 0 Å². The molecule has 3 nitrogen and oxygen atoms in total. The maximum atomic E-state index is 5.33. The number of aryl methyl sites for hydroxylation is 2. The van der Waals surface area contributed by atoms with Gasteiger partial charge in [-0.05, 0) is 55.2 Å². The molecule has 3 rings (SSSR count). The van der Waals surface area contributed by atoms with Crippen molar-refractivity contribution in [3.8, 4) is 5.75 Å². The largest absolute Gasteiger partial charge is 0.497 e. The van der Waals surface area contributed by atoms with E-state index in [1.165, 1.54) is 11.1 Å². The molecule has 1 unspecified atom stereocenters. The third-order valence-corrected chi connectivity index (χ3v) is 3.91. The van der Waals surface area contributed by atoms with E-state index in [2.05, 4.69) is 34.6 Å². The molecule has 1 aliphatic rings. The molecule has 1 aromatic carbocycles. The maximum Gasteiger partial charge on any atom is 0.119 e. The van der Waals surface area contributed by atoms with Crippen molar-refractivity contribution >= 4 is 0 Å². The first-order valence-electron chi connectivity index (χ1n) is 7.09. The van der Waals surface area contributed by atoms with Gasteiger partial charge in [-0.3, -0.25) is 4.98 Å². The van der Waals surface area contributed by atoms with Crippen LogP contribution in [0.15, 0.2) is 36.4 Å². The molecule has 0 saturated heterocycles. The summed E-state index contributed by atoms with van der Waals surface area (Å²) in [7, 11) is 1.72. The molecule has 104 valence electrons. The Balaban J connectivity index is 1.72. The summed E-state index contributed by atoms with van der Waals surface area (Å²) in [4.78, 5) is 4.54. The lowest BCUT2D eigenvalue weighted by Gasteiger charge is -2.14. The van der Waals surface area contributed by atoms with Crippen LogP contribution in [0.5, 0.6) is 5.75 Å². The highest BCUT2D eigenvalue weighted by molar-refractivity contribution is 5.40. The van der Waals surface area contributed by atoms with Gasteiger partial charge in [-0.25, -0.2) is 0 Å². The van der Waals surface area contributed by atoms with Crippen molar-refractivity contribution < 1.29 is 4.74 Å². The predicted molar refractivity (Wildman–Crippen MR) is 79.9 cm³/mol. The predicted octanol–water partition coefficient (Wildman–Crippen LogP) is 3.18. The van der Waals surface area contributed by atoms with Crippen LogP contribution >= 0.6 is 0 Å². The summed E-state index contributed by atoms with van der Waals surface area (Å²) in [5.74, 6) is 0.936. The van der Waals surface area contributed by atoms with Crippen LogP contribution in [0, 0.1) is 6.92 Å². The van der Waals surface area contributed by atoms with Crippen LogP contribution in [0.2, 0.25) is 0 Å². The van der Waals surface area contributed by atoms with Gasteiger partial charge in [-0.1, -0.05) is 12.1 Å². The average molecular weight is 268 g/mol. The number of hydrogen-bond donors (Lipinski definition) is 1. The Kier molecular flexibility index (Phi) is 3.70. The van der Waals surface area contributed by atoms with E-state index in [1.54, 1.807) is 7.11 Å². The second-order valence-corrected chi connectivity index (χ2v) is 5.31. The zero-order valence-electron chi connectivity index (χ0n) is 12.0. The third kappa shape index (κ3) is 2.68. The molecule has 1 N–H and O–H groups in total. The minimum atomic E-state index is 0.405. The molecular formula is C17H20N2O. The van der Waals surface area contributed by atoms with Crippen molar-refractivity contribution in [2.75, 3.05) is 7.11 Å². The molecule has 0 aliphatic heterocycles. The Morgan fingerprint density at radius 2 is 2.20 bits per heavy atom. The van der Waals surface area contributed by atoms with Crippen molar-refractivity contribution in [3.63, 3.8) is 0 Å². The molecule has 0 amide bonds. The van der Waals surface area contributed by atoms with Crippen LogP contribution in [0.4, 0.5) is 0 Å². The molecular weight excluding hydrogens is 248 g/mol. The standard InChI is InChI=1S/C17H20N2O/c1-12-4-3-5-14(19-12)11-18-17-9-7-13-6-8-15(20-2)10-16(13)17/h3-6,8,10,17-18H,7,9,11H2,1-2H3. The minimum Gasteiger partial charge on any atom is -0.497 e. The number of fused-ring (bicyclic) bond motifs is 1. The molecule has 0 radical (unpaired) electrons. The molecule has 20 heavy (non-hydrogen) atoms. The fraction of sp³-hybridized carbons (Fsp3) is 0.353. The Labute approximate surface area is 120 Å². The normalized spacial score (nSPS) is 17.0. The number of aromatic nitrogens is 1. The van der Waals surface area contributed by atoms with E-state index in [4.69, 9.17) is 4.74 Å². The van der Waals surface area contributed by atoms with E-state index in [1.807, 2.05) is 19.1 Å². The van der Waals surface area contributed by atoms with Crippen LogP contribution in [0.1, 0.15) is 35.0 Å². The summed E-state index contributed by atoms with van der Waals surface area (Å²) in [6.45, 7) is 2.84. The van der Waals surface area contributed by atoms with Crippen LogP contribution in [-0.2, 0) is 13.0 Å². The van der Waals surface area contributed by atoms with Crippen LogP contribution < -0.4 is 10.1 Å². The van der Waals surface area contributed by atoms with E-state index in [0.29, 0.717) is 6.04 Å². The molecule has 0 spiro atoms. The highest BCUT2D eigenvalue weighted by atomic mass is 16.5. The molecule has 1 heterocycles. The van der Waals surface area contributed by atoms with Crippen molar-refractivity contribution in [1.82, 2.24) is 10.3 Å². The zero-order chi connectivity index (χ0) is 13.9. The molecule has 0 saturated carbocycles.